The molecule has 10 heavy (non-hydrogen) atoms. The van der Waals surface area contributed by atoms with Crippen molar-refractivity contribution >= 4 is 0 Å². The Morgan fingerprint density at radius 3 is 3.00 bits per heavy atom. The van der Waals surface area contributed by atoms with Gasteiger partial charge in [0.1, 0.15) is 0 Å². The molecular weight excluding hydrogens is 124 g/mol. The molecule has 0 fully saturated rings. The molecule has 0 saturated heterocycles. The maximum Gasteiger partial charge on any atom is 0.0205 e. The second kappa shape index (κ2) is 2.36. The molecule has 2 nitrogen and oxygen atoms in total. The van der Waals surface area contributed by atoms with Crippen molar-refractivity contribution in [3.05, 3.63) is 11.1 Å². The second-order valence-electron chi connectivity index (χ2n) is 3.30. The van der Waals surface area contributed by atoms with Crippen LogP contribution in [-0.2, 0) is 0 Å². The molecule has 2 aliphatic heterocycles. The van der Waals surface area contributed by atoms with Crippen molar-refractivity contribution in [3.63, 3.8) is 0 Å². The number of hydrogen-bond acceptors (Lipinski definition) is 2. The first-order valence-corrected chi connectivity index (χ1v) is 3.95. The van der Waals surface area contributed by atoms with Crippen molar-refractivity contribution in [3.8, 4) is 0 Å². The van der Waals surface area contributed by atoms with E-state index in [1.54, 1.807) is 11.1 Å². The van der Waals surface area contributed by atoms with Crippen LogP contribution in [0.3, 0.4) is 0 Å². The second-order valence-corrected chi connectivity index (χ2v) is 3.30. The molecule has 0 aromatic heterocycles. The summed E-state index contributed by atoms with van der Waals surface area (Å²) in [5.74, 6) is 0. The van der Waals surface area contributed by atoms with Crippen LogP contribution in [0.1, 0.15) is 6.42 Å². The van der Waals surface area contributed by atoms with E-state index >= 15 is 0 Å². The quantitative estimate of drug-likeness (QED) is 0.482. The normalized spacial score (nSPS) is 27.3. The summed E-state index contributed by atoms with van der Waals surface area (Å²) in [6.07, 6.45) is 1.29. The lowest BCUT2D eigenvalue weighted by molar-refractivity contribution is 0.350. The molecule has 0 unspecified atom stereocenters. The van der Waals surface area contributed by atoms with Gasteiger partial charge in [0.2, 0.25) is 0 Å². The van der Waals surface area contributed by atoms with E-state index in [9.17, 15) is 0 Å². The number of nitrogens with zero attached hydrogens (tertiary/aromatic N) is 1. The van der Waals surface area contributed by atoms with Gasteiger partial charge in [-0.3, -0.25) is 0 Å². The first-order chi connectivity index (χ1) is 4.86. The van der Waals surface area contributed by atoms with Gasteiger partial charge in [-0.1, -0.05) is 5.57 Å². The number of rotatable bonds is 0. The smallest absolute Gasteiger partial charge is 0.0205 e. The Balaban J connectivity index is 2.13. The molecule has 0 radical (unpaired) electrons. The molecule has 0 bridgehead atoms. The van der Waals surface area contributed by atoms with E-state index in [2.05, 4.69) is 17.3 Å². The first-order valence-electron chi connectivity index (χ1n) is 3.95. The zero-order valence-corrected chi connectivity index (χ0v) is 6.48. The van der Waals surface area contributed by atoms with Crippen LogP contribution in [0.4, 0.5) is 0 Å². The van der Waals surface area contributed by atoms with Crippen LogP contribution in [0.5, 0.6) is 0 Å². The molecule has 0 spiro atoms. The van der Waals surface area contributed by atoms with E-state index in [-0.39, 0.29) is 0 Å². The third-order valence-electron chi connectivity index (χ3n) is 2.43. The third-order valence-corrected chi connectivity index (χ3v) is 2.43. The fourth-order valence-electron chi connectivity index (χ4n) is 1.78. The maximum absolute atomic E-state index is 3.38. The number of likely N-dealkylation sites (N-methyl/N-ethyl adjacent to an activating group) is 1. The van der Waals surface area contributed by atoms with Crippen molar-refractivity contribution in [2.45, 2.75) is 6.42 Å². The summed E-state index contributed by atoms with van der Waals surface area (Å²) in [4.78, 5) is 2.39. The Labute approximate surface area is 61.9 Å². The van der Waals surface area contributed by atoms with Gasteiger partial charge < -0.3 is 10.2 Å². The molecule has 0 aliphatic carbocycles. The Bertz CT molecular complexity index is 172. The SMILES string of the molecule is CN1CCC2=C(CNC2)C1. The molecular formula is C8H14N2. The molecule has 0 aromatic carbocycles. The van der Waals surface area contributed by atoms with Crippen molar-refractivity contribution in [1.82, 2.24) is 10.2 Å². The molecule has 1 N–H and O–H groups in total. The number of hydrogen-bond donors (Lipinski definition) is 1. The summed E-state index contributed by atoms with van der Waals surface area (Å²) in [5, 5.41) is 3.38. The average Bonchev–Trinajstić information content (AvgIpc) is 2.33. The minimum absolute atomic E-state index is 1.14. The standard InChI is InChI=1S/C8H14N2/c1-10-3-2-7-4-9-5-8(7)6-10/h9H,2-6H2,1H3. The van der Waals surface area contributed by atoms with Gasteiger partial charge in [0.25, 0.3) is 0 Å². The Hall–Kier alpha value is -0.340. The summed E-state index contributed by atoms with van der Waals surface area (Å²) >= 11 is 0. The highest BCUT2D eigenvalue weighted by molar-refractivity contribution is 5.26. The van der Waals surface area contributed by atoms with Crippen LogP contribution in [0, 0.1) is 0 Å². The van der Waals surface area contributed by atoms with Crippen molar-refractivity contribution in [1.29, 1.82) is 0 Å². The summed E-state index contributed by atoms with van der Waals surface area (Å²) < 4.78 is 0. The summed E-state index contributed by atoms with van der Waals surface area (Å²) in [6, 6.07) is 0. The highest BCUT2D eigenvalue weighted by Gasteiger charge is 2.19. The van der Waals surface area contributed by atoms with E-state index < -0.39 is 0 Å². The fourth-order valence-corrected chi connectivity index (χ4v) is 1.78. The summed E-state index contributed by atoms with van der Waals surface area (Å²) in [6.45, 7) is 4.74. The van der Waals surface area contributed by atoms with Crippen LogP contribution < -0.4 is 5.32 Å². The molecule has 0 aromatic rings. The minimum Gasteiger partial charge on any atom is -0.309 e. The zero-order valence-electron chi connectivity index (χ0n) is 6.48. The molecule has 0 saturated carbocycles. The lowest BCUT2D eigenvalue weighted by Gasteiger charge is -2.23. The lowest BCUT2D eigenvalue weighted by Crippen LogP contribution is -2.27. The molecule has 2 heteroatoms. The predicted molar refractivity (Wildman–Crippen MR) is 42.0 cm³/mol. The van der Waals surface area contributed by atoms with Crippen molar-refractivity contribution in [2.24, 2.45) is 0 Å². The Morgan fingerprint density at radius 2 is 2.10 bits per heavy atom. The molecule has 2 aliphatic rings. The zero-order chi connectivity index (χ0) is 6.97. The molecule has 2 heterocycles. The van der Waals surface area contributed by atoms with E-state index in [0.29, 0.717) is 0 Å². The molecule has 0 amide bonds. The molecule has 56 valence electrons. The van der Waals surface area contributed by atoms with Crippen LogP contribution in [-0.4, -0.2) is 38.1 Å². The summed E-state index contributed by atoms with van der Waals surface area (Å²) in [5.41, 5.74) is 3.33. The van der Waals surface area contributed by atoms with Gasteiger partial charge in [-0.15, -0.1) is 0 Å². The Kier molecular flexibility index (Phi) is 1.51. The van der Waals surface area contributed by atoms with E-state index in [0.717, 1.165) is 13.1 Å². The highest BCUT2D eigenvalue weighted by atomic mass is 15.1. The van der Waals surface area contributed by atoms with Gasteiger partial charge in [-0.25, -0.2) is 0 Å². The van der Waals surface area contributed by atoms with Gasteiger partial charge in [0.05, 0.1) is 0 Å². The van der Waals surface area contributed by atoms with E-state index in [1.807, 2.05) is 0 Å². The maximum atomic E-state index is 3.38. The van der Waals surface area contributed by atoms with E-state index in [4.69, 9.17) is 0 Å². The lowest BCUT2D eigenvalue weighted by atomic mass is 10.0. The first kappa shape index (κ1) is 6.38. The van der Waals surface area contributed by atoms with Gasteiger partial charge in [0.15, 0.2) is 0 Å². The van der Waals surface area contributed by atoms with Gasteiger partial charge >= 0.3 is 0 Å². The number of nitrogens with one attached hydrogen (secondary N) is 1. The topological polar surface area (TPSA) is 15.3 Å². The average molecular weight is 138 g/mol. The highest BCUT2D eigenvalue weighted by Crippen LogP contribution is 2.18. The van der Waals surface area contributed by atoms with E-state index in [1.165, 1.54) is 19.5 Å². The summed E-state index contributed by atoms with van der Waals surface area (Å²) in [7, 11) is 2.20. The van der Waals surface area contributed by atoms with Crippen LogP contribution in [0.2, 0.25) is 0 Å². The largest absolute Gasteiger partial charge is 0.309 e. The molecule has 2 rings (SSSR count). The van der Waals surface area contributed by atoms with Crippen molar-refractivity contribution in [2.75, 3.05) is 33.2 Å². The van der Waals surface area contributed by atoms with Gasteiger partial charge in [-0.2, -0.15) is 0 Å². The Morgan fingerprint density at radius 1 is 1.30 bits per heavy atom. The fraction of sp³-hybridized carbons (Fsp3) is 0.750. The van der Waals surface area contributed by atoms with Crippen LogP contribution >= 0.6 is 0 Å². The van der Waals surface area contributed by atoms with Crippen molar-refractivity contribution < 1.29 is 0 Å². The minimum atomic E-state index is 1.14. The van der Waals surface area contributed by atoms with Gasteiger partial charge in [-0.05, 0) is 19.0 Å². The molecule has 0 atom stereocenters. The van der Waals surface area contributed by atoms with Crippen LogP contribution in [0.15, 0.2) is 11.1 Å². The van der Waals surface area contributed by atoms with Gasteiger partial charge in [0, 0.05) is 26.2 Å². The predicted octanol–water partition coefficient (Wildman–Crippen LogP) is 0.222. The van der Waals surface area contributed by atoms with Crippen LogP contribution in [0.25, 0.3) is 0 Å². The third kappa shape index (κ3) is 0.976. The monoisotopic (exact) mass is 138 g/mol.